The highest BCUT2D eigenvalue weighted by molar-refractivity contribution is 9.11. The summed E-state index contributed by atoms with van der Waals surface area (Å²) < 4.78 is 13.5. The van der Waals surface area contributed by atoms with E-state index in [-0.39, 0.29) is 5.91 Å². The molecule has 0 atom stereocenters. The van der Waals surface area contributed by atoms with E-state index in [0.29, 0.717) is 36.1 Å². The molecule has 1 aliphatic rings. The molecule has 0 bridgehead atoms. The molecule has 158 valence electrons. The molecule has 0 unspecified atom stereocenters. The van der Waals surface area contributed by atoms with Crippen molar-refractivity contribution in [3.8, 4) is 11.5 Å². The minimum atomic E-state index is -0.0194. The molecule has 30 heavy (non-hydrogen) atoms. The number of thioether (sulfide) groups is 1. The molecule has 5 nitrogen and oxygen atoms in total. The van der Waals surface area contributed by atoms with Gasteiger partial charge in [-0.2, -0.15) is 0 Å². The maximum atomic E-state index is 12.7. The van der Waals surface area contributed by atoms with Crippen LogP contribution in [-0.4, -0.2) is 36.2 Å². The third-order valence-corrected chi connectivity index (χ3v) is 6.66. The molecule has 0 radical (unpaired) electrons. The molecule has 1 amide bonds. The summed E-state index contributed by atoms with van der Waals surface area (Å²) in [6.07, 6.45) is 1.87. The van der Waals surface area contributed by atoms with E-state index in [0.717, 1.165) is 25.2 Å². The highest BCUT2D eigenvalue weighted by Gasteiger charge is 2.31. The molecule has 3 rings (SSSR count). The zero-order chi connectivity index (χ0) is 21.7. The Kier molecular flexibility index (Phi) is 8.02. The fourth-order valence-electron chi connectivity index (χ4n) is 2.88. The van der Waals surface area contributed by atoms with Crippen molar-refractivity contribution in [2.45, 2.75) is 20.5 Å². The second-order valence-corrected chi connectivity index (χ2v) is 9.13. The van der Waals surface area contributed by atoms with Crippen LogP contribution in [0.3, 0.4) is 0 Å². The van der Waals surface area contributed by atoms with Gasteiger partial charge in [0.15, 0.2) is 16.7 Å². The maximum Gasteiger partial charge on any atom is 0.266 e. The highest BCUT2D eigenvalue weighted by Crippen LogP contribution is 2.35. The van der Waals surface area contributed by atoms with Crippen molar-refractivity contribution < 1.29 is 14.3 Å². The molecule has 0 aliphatic carbocycles. The summed E-state index contributed by atoms with van der Waals surface area (Å²) in [6, 6.07) is 11.6. The molecule has 1 heterocycles. The van der Waals surface area contributed by atoms with Gasteiger partial charge in [0.2, 0.25) is 0 Å². The molecule has 2 aromatic rings. The van der Waals surface area contributed by atoms with Gasteiger partial charge in [-0.25, -0.2) is 0 Å². The minimum Gasteiger partial charge on any atom is -0.493 e. The third-order valence-electron chi connectivity index (χ3n) is 4.38. The quantitative estimate of drug-likeness (QED) is 0.388. The first-order chi connectivity index (χ1) is 14.5. The van der Waals surface area contributed by atoms with E-state index in [1.807, 2.05) is 56.3 Å². The van der Waals surface area contributed by atoms with Crippen LogP contribution in [0.4, 0.5) is 0 Å². The van der Waals surface area contributed by atoms with Crippen molar-refractivity contribution in [2.75, 3.05) is 20.2 Å². The Balaban J connectivity index is 1.79. The Morgan fingerprint density at radius 2 is 1.93 bits per heavy atom. The van der Waals surface area contributed by atoms with Gasteiger partial charge >= 0.3 is 0 Å². The van der Waals surface area contributed by atoms with Gasteiger partial charge in [-0.1, -0.05) is 44.0 Å². The topological polar surface area (TPSA) is 51.1 Å². The summed E-state index contributed by atoms with van der Waals surface area (Å²) in [5.74, 6) is 1.24. The average Bonchev–Trinajstić information content (AvgIpc) is 3.02. The fraction of sp³-hybridized carbons (Fsp3) is 0.273. The number of hydrogen-bond acceptors (Lipinski definition) is 5. The van der Waals surface area contributed by atoms with Gasteiger partial charge in [0, 0.05) is 27.6 Å². The molecule has 1 saturated heterocycles. The smallest absolute Gasteiger partial charge is 0.266 e. The van der Waals surface area contributed by atoms with Crippen molar-refractivity contribution in [3.63, 3.8) is 0 Å². The molecule has 0 N–H and O–H groups in total. The molecular weight excluding hydrogens is 532 g/mol. The molecule has 0 saturated carbocycles. The number of methoxy groups -OCH3 is 1. The van der Waals surface area contributed by atoms with Gasteiger partial charge in [0.1, 0.15) is 6.61 Å². The number of halogens is 2. The molecule has 2 aromatic carbocycles. The second-order valence-electron chi connectivity index (χ2n) is 6.35. The minimum absolute atomic E-state index is 0.0194. The molecule has 0 aromatic heterocycles. The highest BCUT2D eigenvalue weighted by atomic mass is 79.9. The van der Waals surface area contributed by atoms with E-state index in [1.54, 1.807) is 12.0 Å². The van der Waals surface area contributed by atoms with E-state index in [4.69, 9.17) is 9.47 Å². The summed E-state index contributed by atoms with van der Waals surface area (Å²) in [6.45, 7) is 5.56. The predicted octanol–water partition coefficient (Wildman–Crippen LogP) is 6.11. The number of hydrogen-bond donors (Lipinski definition) is 0. The van der Waals surface area contributed by atoms with Gasteiger partial charge in [0.25, 0.3) is 5.91 Å². The van der Waals surface area contributed by atoms with Crippen molar-refractivity contribution >= 4 is 60.8 Å². The third kappa shape index (κ3) is 5.28. The van der Waals surface area contributed by atoms with Crippen LogP contribution in [0, 0.1) is 0 Å². The Morgan fingerprint density at radius 1 is 1.13 bits per heavy atom. The predicted molar refractivity (Wildman–Crippen MR) is 130 cm³/mol. The number of rotatable bonds is 7. The van der Waals surface area contributed by atoms with Crippen molar-refractivity contribution in [2.24, 2.45) is 4.99 Å². The summed E-state index contributed by atoms with van der Waals surface area (Å²) in [7, 11) is 1.61. The SMILES string of the molecule is CCN=C1S/C(=C\c2ccc(OCc3ccc(Br)cc3Br)c(OC)c2)C(=O)N1CC. The van der Waals surface area contributed by atoms with Crippen molar-refractivity contribution in [3.05, 3.63) is 61.4 Å². The monoisotopic (exact) mass is 552 g/mol. The van der Waals surface area contributed by atoms with E-state index < -0.39 is 0 Å². The number of ether oxygens (including phenoxy) is 2. The van der Waals surface area contributed by atoms with Crippen LogP contribution >= 0.6 is 43.6 Å². The average molecular weight is 554 g/mol. The van der Waals surface area contributed by atoms with E-state index in [2.05, 4.69) is 36.9 Å². The number of nitrogens with zero attached hydrogens (tertiary/aromatic N) is 2. The summed E-state index contributed by atoms with van der Waals surface area (Å²) >= 11 is 8.41. The first-order valence-electron chi connectivity index (χ1n) is 9.47. The maximum absolute atomic E-state index is 12.7. The number of carbonyl (C=O) groups excluding carboxylic acids is 1. The summed E-state index contributed by atoms with van der Waals surface area (Å²) in [4.78, 5) is 19.4. The van der Waals surface area contributed by atoms with Crippen LogP contribution in [0.15, 0.2) is 55.2 Å². The Labute approximate surface area is 197 Å². The Morgan fingerprint density at radius 3 is 2.60 bits per heavy atom. The van der Waals surface area contributed by atoms with E-state index in [9.17, 15) is 4.79 Å². The number of amides is 1. The lowest BCUT2D eigenvalue weighted by molar-refractivity contribution is -0.122. The number of benzene rings is 2. The van der Waals surface area contributed by atoms with Gasteiger partial charge in [-0.3, -0.25) is 14.7 Å². The standard InChI is InChI=1S/C22H22Br2N2O3S/c1-4-25-22-26(5-2)21(27)20(30-22)11-14-6-9-18(19(10-14)28-3)29-13-15-7-8-16(23)12-17(15)24/h6-12H,4-5,13H2,1-3H3/b20-11-,25-22?. The number of likely N-dealkylation sites (N-methyl/N-ethyl adjacent to an activating group) is 1. The molecular formula is C22H22Br2N2O3S. The number of amidine groups is 1. The van der Waals surface area contributed by atoms with Gasteiger partial charge < -0.3 is 9.47 Å². The van der Waals surface area contributed by atoms with Crippen LogP contribution in [0.1, 0.15) is 25.0 Å². The van der Waals surface area contributed by atoms with Crippen molar-refractivity contribution in [1.82, 2.24) is 4.90 Å². The Hall–Kier alpha value is -1.77. The molecule has 1 fully saturated rings. The van der Waals surface area contributed by atoms with Crippen LogP contribution in [-0.2, 0) is 11.4 Å². The summed E-state index contributed by atoms with van der Waals surface area (Å²) in [5.41, 5.74) is 1.90. The number of carbonyl (C=O) groups is 1. The normalized spacial score (nSPS) is 16.6. The van der Waals surface area contributed by atoms with Crippen LogP contribution in [0.5, 0.6) is 11.5 Å². The zero-order valence-corrected chi connectivity index (χ0v) is 20.9. The van der Waals surface area contributed by atoms with Gasteiger partial charge in [-0.15, -0.1) is 0 Å². The van der Waals surface area contributed by atoms with Crippen LogP contribution in [0.25, 0.3) is 6.08 Å². The lowest BCUT2D eigenvalue weighted by Crippen LogP contribution is -2.28. The van der Waals surface area contributed by atoms with Gasteiger partial charge in [0.05, 0.1) is 12.0 Å². The van der Waals surface area contributed by atoms with Crippen molar-refractivity contribution in [1.29, 1.82) is 0 Å². The lowest BCUT2D eigenvalue weighted by atomic mass is 10.1. The molecule has 8 heteroatoms. The van der Waals surface area contributed by atoms with E-state index in [1.165, 1.54) is 11.8 Å². The van der Waals surface area contributed by atoms with Crippen LogP contribution < -0.4 is 9.47 Å². The molecule has 1 aliphatic heterocycles. The molecule has 0 spiro atoms. The summed E-state index contributed by atoms with van der Waals surface area (Å²) in [5, 5.41) is 0.753. The van der Waals surface area contributed by atoms with Crippen LogP contribution in [0.2, 0.25) is 0 Å². The van der Waals surface area contributed by atoms with E-state index >= 15 is 0 Å². The lowest BCUT2D eigenvalue weighted by Gasteiger charge is -2.13. The second kappa shape index (κ2) is 10.5. The fourth-order valence-corrected chi connectivity index (χ4v) is 5.15. The first-order valence-corrected chi connectivity index (χ1v) is 11.9. The Bertz CT molecular complexity index is 1010. The number of aliphatic imine (C=N–C) groups is 1. The zero-order valence-electron chi connectivity index (χ0n) is 16.9. The largest absolute Gasteiger partial charge is 0.493 e. The van der Waals surface area contributed by atoms with Gasteiger partial charge in [-0.05, 0) is 61.5 Å². The first kappa shape index (κ1) is 22.9.